The summed E-state index contributed by atoms with van der Waals surface area (Å²) < 4.78 is 10.8. The summed E-state index contributed by atoms with van der Waals surface area (Å²) in [6, 6.07) is 15.3. The zero-order valence-corrected chi connectivity index (χ0v) is 18.2. The number of rotatable bonds is 5. The van der Waals surface area contributed by atoms with Crippen molar-refractivity contribution >= 4 is 35.0 Å². The quantitative estimate of drug-likeness (QED) is 0.380. The van der Waals surface area contributed by atoms with Crippen LogP contribution in [0.1, 0.15) is 55.3 Å². The van der Waals surface area contributed by atoms with E-state index in [0.29, 0.717) is 22.9 Å². The number of hydrogen-bond acceptors (Lipinski definition) is 7. The number of anilines is 2. The zero-order chi connectivity index (χ0) is 24.6. The van der Waals surface area contributed by atoms with Gasteiger partial charge in [-0.15, -0.1) is 0 Å². The maximum Gasteiger partial charge on any atom is 0.339 e. The van der Waals surface area contributed by atoms with Crippen molar-refractivity contribution in [3.05, 3.63) is 82.9 Å². The molecule has 1 aliphatic heterocycles. The third kappa shape index (κ3) is 4.31. The van der Waals surface area contributed by atoms with Gasteiger partial charge in [0.15, 0.2) is 5.60 Å². The van der Waals surface area contributed by atoms with Gasteiger partial charge in [0, 0.05) is 16.9 Å². The molecule has 34 heavy (non-hydrogen) atoms. The molecular weight excluding hydrogens is 440 g/mol. The summed E-state index contributed by atoms with van der Waals surface area (Å²) in [4.78, 5) is 49.7. The Bertz CT molecular complexity index is 1330. The Hall–Kier alpha value is -4.66. The van der Waals surface area contributed by atoms with Crippen LogP contribution < -0.4 is 15.8 Å². The third-order valence-corrected chi connectivity index (χ3v) is 5.22. The Balaban J connectivity index is 1.59. The fraction of sp³-hybridized carbons (Fsp3) is 0.120. The molecule has 172 valence electrons. The van der Waals surface area contributed by atoms with Crippen LogP contribution in [0.3, 0.4) is 0 Å². The van der Waals surface area contributed by atoms with Crippen LogP contribution in [0.5, 0.6) is 11.5 Å². The number of carbonyl (C=O) groups excluding carboxylic acids is 3. The zero-order valence-electron chi connectivity index (χ0n) is 18.2. The minimum absolute atomic E-state index is 0.0978. The van der Waals surface area contributed by atoms with E-state index >= 15 is 0 Å². The van der Waals surface area contributed by atoms with E-state index in [-0.39, 0.29) is 16.7 Å². The van der Waals surface area contributed by atoms with Gasteiger partial charge in [-0.05, 0) is 74.5 Å². The lowest BCUT2D eigenvalue weighted by Gasteiger charge is -2.29. The van der Waals surface area contributed by atoms with Crippen LogP contribution in [0.2, 0.25) is 0 Å². The fourth-order valence-electron chi connectivity index (χ4n) is 3.46. The number of Topliss-reactive ketones (excluding diaryl/α,β-unsaturated/α-hetero) is 1. The number of nitrogens with one attached hydrogen (secondary N) is 1. The van der Waals surface area contributed by atoms with Crippen molar-refractivity contribution in [2.45, 2.75) is 19.4 Å². The maximum absolute atomic E-state index is 12.9. The van der Waals surface area contributed by atoms with Crippen molar-refractivity contribution < 1.29 is 33.8 Å². The molecule has 1 heterocycles. The summed E-state index contributed by atoms with van der Waals surface area (Å²) in [6.45, 7) is 2.83. The molecule has 3 aromatic rings. The van der Waals surface area contributed by atoms with Crippen molar-refractivity contribution in [3.63, 3.8) is 0 Å². The van der Waals surface area contributed by atoms with Gasteiger partial charge in [0.05, 0.1) is 16.7 Å². The molecule has 9 nitrogen and oxygen atoms in total. The van der Waals surface area contributed by atoms with Crippen molar-refractivity contribution in [2.24, 2.45) is 0 Å². The van der Waals surface area contributed by atoms with Crippen LogP contribution in [0.4, 0.5) is 11.4 Å². The number of nitrogen functional groups attached to an aromatic ring is 1. The predicted molar refractivity (Wildman–Crippen MR) is 123 cm³/mol. The highest BCUT2D eigenvalue weighted by atomic mass is 16.6. The molecule has 0 unspecified atom stereocenters. The first-order chi connectivity index (χ1) is 16.0. The highest BCUT2D eigenvalue weighted by Crippen LogP contribution is 2.31. The summed E-state index contributed by atoms with van der Waals surface area (Å²) in [6.07, 6.45) is 0. The molecule has 9 heteroatoms. The molecule has 0 saturated carbocycles. The van der Waals surface area contributed by atoms with Gasteiger partial charge in [-0.3, -0.25) is 9.59 Å². The highest BCUT2D eigenvalue weighted by molar-refractivity contribution is 6.18. The number of amides is 1. The molecule has 0 saturated heterocycles. The summed E-state index contributed by atoms with van der Waals surface area (Å²) >= 11 is 0. The maximum atomic E-state index is 12.9. The molecule has 0 bridgehead atoms. The summed E-state index contributed by atoms with van der Waals surface area (Å²) in [7, 11) is 0. The molecule has 4 N–H and O–H groups in total. The normalized spacial score (nSPS) is 14.1. The molecule has 4 rings (SSSR count). The Kier molecular flexibility index (Phi) is 5.54. The number of carboxylic acids is 1. The standard InChI is InChI=1S/C25H20N2O7/c1-25(2)21(28)17-11-19(23(30)31)18(12-20(17)24(32)34-25)22(29)27-14-5-9-16(10-6-14)33-15-7-3-13(26)4-8-15/h3-12H,26H2,1-2H3,(H,27,29)(H,30,31). The number of ketones is 1. The predicted octanol–water partition coefficient (Wildman–Crippen LogP) is 4.14. The number of aromatic carboxylic acids is 1. The number of cyclic esters (lactones) is 1. The summed E-state index contributed by atoms with van der Waals surface area (Å²) in [5, 5.41) is 12.2. The van der Waals surface area contributed by atoms with Gasteiger partial charge in [-0.25, -0.2) is 9.59 Å². The van der Waals surface area contributed by atoms with Crippen LogP contribution >= 0.6 is 0 Å². The van der Waals surface area contributed by atoms with Crippen molar-refractivity contribution in [3.8, 4) is 11.5 Å². The van der Waals surface area contributed by atoms with Gasteiger partial charge < -0.3 is 25.6 Å². The average molecular weight is 460 g/mol. The van der Waals surface area contributed by atoms with E-state index in [2.05, 4.69) is 5.32 Å². The van der Waals surface area contributed by atoms with Gasteiger partial charge in [-0.2, -0.15) is 0 Å². The smallest absolute Gasteiger partial charge is 0.339 e. The van der Waals surface area contributed by atoms with E-state index in [9.17, 15) is 24.3 Å². The SMILES string of the molecule is CC1(C)OC(=O)c2cc(C(=O)Nc3ccc(Oc4ccc(N)cc4)cc3)c(C(=O)O)cc2C1=O. The first kappa shape index (κ1) is 22.5. The van der Waals surface area contributed by atoms with E-state index in [1.807, 2.05) is 0 Å². The number of fused-ring (bicyclic) bond motifs is 1. The number of esters is 1. The number of carboxylic acid groups (broad SMARTS) is 1. The number of benzene rings is 3. The summed E-state index contributed by atoms with van der Waals surface area (Å²) in [5.41, 5.74) is 4.25. The van der Waals surface area contributed by atoms with Crippen LogP contribution in [-0.4, -0.2) is 34.3 Å². The number of ether oxygens (including phenoxy) is 2. The van der Waals surface area contributed by atoms with E-state index < -0.39 is 34.8 Å². The molecule has 1 aliphatic rings. The average Bonchev–Trinajstić information content (AvgIpc) is 2.79. The summed E-state index contributed by atoms with van der Waals surface area (Å²) in [5.74, 6) is -2.45. The lowest BCUT2D eigenvalue weighted by Crippen LogP contribution is -2.42. The molecule has 0 spiro atoms. The van der Waals surface area contributed by atoms with E-state index in [1.54, 1.807) is 48.5 Å². The first-order valence-electron chi connectivity index (χ1n) is 10.2. The minimum atomic E-state index is -1.43. The van der Waals surface area contributed by atoms with Crippen molar-refractivity contribution in [1.29, 1.82) is 0 Å². The van der Waals surface area contributed by atoms with Gasteiger partial charge in [0.25, 0.3) is 5.91 Å². The Labute approximate surface area is 194 Å². The van der Waals surface area contributed by atoms with E-state index in [1.165, 1.54) is 13.8 Å². The van der Waals surface area contributed by atoms with E-state index in [0.717, 1.165) is 12.1 Å². The number of nitrogens with two attached hydrogens (primary N) is 1. The topological polar surface area (TPSA) is 145 Å². The Morgan fingerprint density at radius 3 is 2.06 bits per heavy atom. The molecule has 0 aliphatic carbocycles. The lowest BCUT2D eigenvalue weighted by molar-refractivity contribution is -0.000455. The van der Waals surface area contributed by atoms with Gasteiger partial charge >= 0.3 is 11.9 Å². The van der Waals surface area contributed by atoms with Gasteiger partial charge in [0.2, 0.25) is 5.78 Å². The first-order valence-corrected chi connectivity index (χ1v) is 10.2. The number of hydrogen-bond donors (Lipinski definition) is 3. The molecule has 0 fully saturated rings. The molecule has 0 atom stereocenters. The highest BCUT2D eigenvalue weighted by Gasteiger charge is 2.41. The van der Waals surface area contributed by atoms with Gasteiger partial charge in [-0.1, -0.05) is 0 Å². The third-order valence-electron chi connectivity index (χ3n) is 5.22. The van der Waals surface area contributed by atoms with Gasteiger partial charge in [0.1, 0.15) is 11.5 Å². The van der Waals surface area contributed by atoms with Crippen LogP contribution in [0.25, 0.3) is 0 Å². The lowest BCUT2D eigenvalue weighted by atomic mass is 9.87. The largest absolute Gasteiger partial charge is 0.478 e. The molecule has 0 radical (unpaired) electrons. The monoisotopic (exact) mass is 460 g/mol. The Morgan fingerprint density at radius 2 is 1.47 bits per heavy atom. The second-order valence-electron chi connectivity index (χ2n) is 8.13. The fourth-order valence-corrected chi connectivity index (χ4v) is 3.46. The van der Waals surface area contributed by atoms with E-state index in [4.69, 9.17) is 15.2 Å². The second-order valence-corrected chi connectivity index (χ2v) is 8.13. The van der Waals surface area contributed by atoms with Crippen LogP contribution in [-0.2, 0) is 4.74 Å². The number of carbonyl (C=O) groups is 4. The van der Waals surface area contributed by atoms with Crippen molar-refractivity contribution in [2.75, 3.05) is 11.1 Å². The molecular formula is C25H20N2O7. The second kappa shape index (κ2) is 8.36. The molecule has 1 amide bonds. The molecule has 3 aromatic carbocycles. The Morgan fingerprint density at radius 1 is 0.912 bits per heavy atom. The molecule has 0 aromatic heterocycles. The minimum Gasteiger partial charge on any atom is -0.478 e. The van der Waals surface area contributed by atoms with Crippen LogP contribution in [0, 0.1) is 0 Å². The van der Waals surface area contributed by atoms with Crippen molar-refractivity contribution in [1.82, 2.24) is 0 Å². The van der Waals surface area contributed by atoms with Crippen LogP contribution in [0.15, 0.2) is 60.7 Å².